The van der Waals surface area contributed by atoms with E-state index in [1.165, 1.54) is 0 Å². The van der Waals surface area contributed by atoms with Crippen molar-refractivity contribution in [1.29, 1.82) is 5.39 Å². The molecule has 0 aliphatic rings. The molecule has 0 saturated carbocycles. The maximum Gasteiger partial charge on any atom is 0.528 e. The van der Waals surface area contributed by atoms with E-state index in [9.17, 15) is 20.1 Å². The molecule has 0 spiro atoms. The van der Waals surface area contributed by atoms with Gasteiger partial charge in [0.15, 0.2) is 4.98 Å². The molecule has 36 heavy (non-hydrogen) atoms. The standard InChI is InChI=1S/C28H30N4O4/c1-3-5-7-16-25(33)32(27(34)26(30-29)28(35)36-4-2)18-17-22-20-31(19-21-12-8-6-9-13-21)24-15-11-10-14-23(22)24/h3,6,8-15,20H,1,4-5,7,16-19H2,2H3/p+1. The summed E-state index contributed by atoms with van der Waals surface area (Å²) in [6.45, 7) is 6.06. The molecular weight excluding hydrogens is 456 g/mol. The van der Waals surface area contributed by atoms with E-state index in [2.05, 4.69) is 28.3 Å². The van der Waals surface area contributed by atoms with Crippen LogP contribution in [0.25, 0.3) is 15.9 Å². The van der Waals surface area contributed by atoms with Gasteiger partial charge in [0, 0.05) is 36.6 Å². The van der Waals surface area contributed by atoms with E-state index in [1.54, 1.807) is 13.0 Å². The van der Waals surface area contributed by atoms with Crippen LogP contribution < -0.4 is 0 Å². The monoisotopic (exact) mass is 487 g/mol. The zero-order valence-corrected chi connectivity index (χ0v) is 20.5. The molecule has 8 nitrogen and oxygen atoms in total. The predicted molar refractivity (Wildman–Crippen MR) is 138 cm³/mol. The second kappa shape index (κ2) is 12.9. The van der Waals surface area contributed by atoms with Crippen LogP contribution in [0, 0.1) is 5.39 Å². The smallest absolute Gasteiger partial charge is 0.475 e. The SMILES string of the molecule is C=CCCCC(=O)N(CCc1cn(Cc2ccccc2)c2ccccc12)C(=O)/C([N+]#N)=C(\O)OCC. The number of imide groups is 1. The molecule has 0 unspecified atom stereocenters. The number of aliphatic hydroxyl groups is 1. The Morgan fingerprint density at radius 3 is 2.58 bits per heavy atom. The van der Waals surface area contributed by atoms with Gasteiger partial charge >= 0.3 is 17.5 Å². The molecule has 0 fully saturated rings. The molecule has 3 rings (SSSR count). The first kappa shape index (κ1) is 26.2. The van der Waals surface area contributed by atoms with E-state index < -0.39 is 23.5 Å². The van der Waals surface area contributed by atoms with Gasteiger partial charge in [-0.3, -0.25) is 14.5 Å². The van der Waals surface area contributed by atoms with Gasteiger partial charge in [-0.1, -0.05) is 54.6 Å². The molecule has 0 saturated heterocycles. The molecule has 2 aromatic carbocycles. The molecule has 0 aliphatic carbocycles. The lowest BCUT2D eigenvalue weighted by molar-refractivity contribution is -0.142. The lowest BCUT2D eigenvalue weighted by Gasteiger charge is -2.18. The zero-order valence-electron chi connectivity index (χ0n) is 20.5. The van der Waals surface area contributed by atoms with Gasteiger partial charge in [-0.15, -0.1) is 6.58 Å². The first-order valence-electron chi connectivity index (χ1n) is 12.0. The number of hydrogen-bond donors (Lipinski definition) is 1. The van der Waals surface area contributed by atoms with Crippen molar-refractivity contribution in [3.05, 3.63) is 101 Å². The Balaban J connectivity index is 1.89. The normalized spacial score (nSPS) is 11.4. The molecule has 1 heterocycles. The molecule has 0 aliphatic heterocycles. The highest BCUT2D eigenvalue weighted by Crippen LogP contribution is 2.24. The van der Waals surface area contributed by atoms with Crippen molar-refractivity contribution in [2.45, 2.75) is 39.2 Å². The molecule has 3 aromatic rings. The van der Waals surface area contributed by atoms with Gasteiger partial charge in [-0.25, -0.2) is 0 Å². The minimum atomic E-state index is -0.917. The minimum Gasteiger partial charge on any atom is -0.475 e. The fourth-order valence-corrected chi connectivity index (χ4v) is 4.05. The number of allylic oxidation sites excluding steroid dienone is 1. The number of para-hydroxylation sites is 1. The number of fused-ring (bicyclic) bond motifs is 1. The number of nitrogens with zero attached hydrogens (tertiary/aromatic N) is 4. The number of carbonyl (C=O) groups is 2. The summed E-state index contributed by atoms with van der Waals surface area (Å²) in [7, 11) is 0. The highest BCUT2D eigenvalue weighted by Gasteiger charge is 2.38. The van der Waals surface area contributed by atoms with E-state index in [1.807, 2.05) is 48.7 Å². The second-order valence-corrected chi connectivity index (χ2v) is 8.25. The van der Waals surface area contributed by atoms with Crippen LogP contribution in [0.15, 0.2) is 85.1 Å². The molecule has 1 N–H and O–H groups in total. The van der Waals surface area contributed by atoms with Gasteiger partial charge in [0.25, 0.3) is 0 Å². The summed E-state index contributed by atoms with van der Waals surface area (Å²) < 4.78 is 7.08. The number of aliphatic hydroxyl groups excluding tert-OH is 1. The van der Waals surface area contributed by atoms with Crippen molar-refractivity contribution >= 4 is 22.7 Å². The maximum absolute atomic E-state index is 13.1. The largest absolute Gasteiger partial charge is 0.528 e. The lowest BCUT2D eigenvalue weighted by Crippen LogP contribution is -2.39. The highest BCUT2D eigenvalue weighted by atomic mass is 16.6. The van der Waals surface area contributed by atoms with E-state index in [0.29, 0.717) is 25.8 Å². The number of rotatable bonds is 12. The van der Waals surface area contributed by atoms with Gasteiger partial charge in [-0.2, -0.15) is 0 Å². The van der Waals surface area contributed by atoms with Crippen molar-refractivity contribution in [1.82, 2.24) is 9.47 Å². The summed E-state index contributed by atoms with van der Waals surface area (Å²) in [5.41, 5.74) is 2.47. The number of hydrogen-bond acceptors (Lipinski definition) is 5. The molecular formula is C28H31N4O4+. The Hall–Kier alpha value is -4.38. The fraction of sp³-hybridized carbons (Fsp3) is 0.286. The Morgan fingerprint density at radius 1 is 1.17 bits per heavy atom. The second-order valence-electron chi connectivity index (χ2n) is 8.25. The maximum atomic E-state index is 13.1. The number of benzene rings is 2. The average molecular weight is 488 g/mol. The first-order valence-corrected chi connectivity index (χ1v) is 12.0. The average Bonchev–Trinajstić information content (AvgIpc) is 3.23. The summed E-state index contributed by atoms with van der Waals surface area (Å²) in [5, 5.41) is 20.4. The van der Waals surface area contributed by atoms with Crippen molar-refractivity contribution < 1.29 is 19.4 Å². The van der Waals surface area contributed by atoms with Crippen molar-refractivity contribution in [2.75, 3.05) is 13.2 Å². The Kier molecular flexibility index (Phi) is 9.40. The van der Waals surface area contributed by atoms with Crippen molar-refractivity contribution in [3.63, 3.8) is 0 Å². The van der Waals surface area contributed by atoms with Crippen molar-refractivity contribution in [2.24, 2.45) is 0 Å². The number of unbranched alkanes of at least 4 members (excludes halogenated alkanes) is 1. The third kappa shape index (κ3) is 6.39. The number of amides is 2. The van der Waals surface area contributed by atoms with Crippen LogP contribution in [0.4, 0.5) is 0 Å². The summed E-state index contributed by atoms with van der Waals surface area (Å²) in [6, 6.07) is 18.1. The van der Waals surface area contributed by atoms with Crippen LogP contribution in [0.2, 0.25) is 0 Å². The molecule has 1 aromatic heterocycles. The summed E-state index contributed by atoms with van der Waals surface area (Å²) in [5.74, 6) is -2.17. The zero-order chi connectivity index (χ0) is 25.9. The van der Waals surface area contributed by atoms with Crippen LogP contribution in [0.3, 0.4) is 0 Å². The van der Waals surface area contributed by atoms with Crippen LogP contribution >= 0.6 is 0 Å². The topological polar surface area (TPSA) is 99.9 Å². The number of carbonyl (C=O) groups excluding carboxylic acids is 2. The van der Waals surface area contributed by atoms with E-state index in [4.69, 9.17) is 4.74 Å². The van der Waals surface area contributed by atoms with Crippen LogP contribution in [-0.2, 0) is 27.3 Å². The molecule has 0 bridgehead atoms. The summed E-state index contributed by atoms with van der Waals surface area (Å²) in [6.07, 6.45) is 5.38. The quantitative estimate of drug-likeness (QED) is 0.119. The van der Waals surface area contributed by atoms with E-state index >= 15 is 0 Å². The van der Waals surface area contributed by atoms with Gasteiger partial charge in [0.05, 0.1) is 6.61 Å². The Bertz CT molecular complexity index is 1290. The van der Waals surface area contributed by atoms with Gasteiger partial charge in [0.2, 0.25) is 11.3 Å². The molecule has 0 radical (unpaired) electrons. The first-order chi connectivity index (χ1) is 17.5. The number of diazo groups is 1. The number of aromatic nitrogens is 1. The molecule has 8 heteroatoms. The number of ether oxygens (including phenoxy) is 1. The third-order valence-corrected chi connectivity index (χ3v) is 5.80. The third-order valence-electron chi connectivity index (χ3n) is 5.80. The molecule has 0 atom stereocenters. The lowest BCUT2D eigenvalue weighted by atomic mass is 10.1. The van der Waals surface area contributed by atoms with Crippen molar-refractivity contribution in [3.8, 4) is 0 Å². The molecule has 186 valence electrons. The summed E-state index contributed by atoms with van der Waals surface area (Å²) in [4.78, 5) is 30.0. The highest BCUT2D eigenvalue weighted by molar-refractivity contribution is 6.05. The van der Waals surface area contributed by atoms with Gasteiger partial charge < -0.3 is 14.4 Å². The van der Waals surface area contributed by atoms with Crippen LogP contribution in [0.1, 0.15) is 37.3 Å². The Labute approximate surface area is 210 Å². The molecule has 2 amide bonds. The Morgan fingerprint density at radius 2 is 1.89 bits per heavy atom. The fourth-order valence-electron chi connectivity index (χ4n) is 4.05. The van der Waals surface area contributed by atoms with Crippen LogP contribution in [0.5, 0.6) is 0 Å². The predicted octanol–water partition coefficient (Wildman–Crippen LogP) is 5.56. The van der Waals surface area contributed by atoms with E-state index in [-0.39, 0.29) is 19.6 Å². The minimum absolute atomic E-state index is 0.0452. The van der Waals surface area contributed by atoms with Crippen LogP contribution in [-0.4, -0.2) is 39.5 Å². The summed E-state index contributed by atoms with van der Waals surface area (Å²) >= 11 is 0. The van der Waals surface area contributed by atoms with Gasteiger partial charge in [0.1, 0.15) is 0 Å². The van der Waals surface area contributed by atoms with Gasteiger partial charge in [-0.05, 0) is 43.4 Å². The van der Waals surface area contributed by atoms with E-state index in [0.717, 1.165) is 26.9 Å².